The minimum absolute atomic E-state index is 0.639. The normalized spacial score (nSPS) is 21.0. The fourth-order valence-corrected chi connectivity index (χ4v) is 4.98. The minimum Gasteiger partial charge on any atom is -0.497 e. The maximum Gasteiger partial charge on any atom is 0.254 e. The molecule has 2 fully saturated rings. The van der Waals surface area contributed by atoms with Gasteiger partial charge in [0, 0.05) is 51.0 Å². The monoisotopic (exact) mass is 421 g/mol. The van der Waals surface area contributed by atoms with Crippen molar-refractivity contribution in [1.29, 1.82) is 0 Å². The first-order valence-electron chi connectivity index (χ1n) is 11.2. The summed E-state index contributed by atoms with van der Waals surface area (Å²) in [5.74, 6) is 3.36. The van der Waals surface area contributed by atoms with Crippen molar-refractivity contribution in [3.05, 3.63) is 36.8 Å². The van der Waals surface area contributed by atoms with Crippen molar-refractivity contribution in [2.45, 2.75) is 12.8 Å². The van der Waals surface area contributed by atoms with Crippen LogP contribution in [0.25, 0.3) is 16.9 Å². The highest BCUT2D eigenvalue weighted by Gasteiger charge is 2.26. The Balaban J connectivity index is 1.36. The number of benzene rings is 1. The third kappa shape index (κ3) is 4.22. The van der Waals surface area contributed by atoms with Gasteiger partial charge in [0.2, 0.25) is 0 Å². The van der Waals surface area contributed by atoms with E-state index in [1.807, 2.05) is 22.8 Å². The number of methoxy groups -OCH3 is 1. The second kappa shape index (κ2) is 8.80. The van der Waals surface area contributed by atoms with Crippen molar-refractivity contribution >= 4 is 11.6 Å². The number of ether oxygens (including phenoxy) is 1. The van der Waals surface area contributed by atoms with Crippen LogP contribution in [0.3, 0.4) is 0 Å². The van der Waals surface area contributed by atoms with E-state index in [1.54, 1.807) is 13.4 Å². The third-order valence-electron chi connectivity index (χ3n) is 6.59. The van der Waals surface area contributed by atoms with Crippen molar-refractivity contribution in [2.75, 3.05) is 64.9 Å². The Kier molecular flexibility index (Phi) is 5.74. The average molecular weight is 422 g/mol. The van der Waals surface area contributed by atoms with E-state index in [0.717, 1.165) is 54.8 Å². The van der Waals surface area contributed by atoms with Gasteiger partial charge in [-0.05, 0) is 50.0 Å². The van der Waals surface area contributed by atoms with Gasteiger partial charge in [-0.2, -0.15) is 14.6 Å². The van der Waals surface area contributed by atoms with Crippen LogP contribution in [-0.2, 0) is 0 Å². The number of anilines is 1. The number of piperazine rings is 1. The summed E-state index contributed by atoms with van der Waals surface area (Å²) in [5.41, 5.74) is 2.18. The topological polar surface area (TPSA) is 62.0 Å². The molecule has 4 heterocycles. The van der Waals surface area contributed by atoms with Crippen LogP contribution in [0.15, 0.2) is 36.8 Å². The fourth-order valence-electron chi connectivity index (χ4n) is 4.98. The van der Waals surface area contributed by atoms with Gasteiger partial charge in [0.25, 0.3) is 5.78 Å². The zero-order chi connectivity index (χ0) is 21.2. The molecule has 5 rings (SSSR count). The highest BCUT2D eigenvalue weighted by atomic mass is 16.5. The SMILES string of the molecule is COc1ccc(-c2cnc3ncnn3c2N2CCN(CC3CCCN(C)C3)CC2)cc1. The van der Waals surface area contributed by atoms with Gasteiger partial charge in [-0.3, -0.25) is 4.90 Å². The lowest BCUT2D eigenvalue weighted by Crippen LogP contribution is -2.50. The number of fused-ring (bicyclic) bond motifs is 1. The molecule has 0 bridgehead atoms. The molecule has 0 amide bonds. The summed E-state index contributed by atoms with van der Waals surface area (Å²) in [7, 11) is 3.94. The van der Waals surface area contributed by atoms with Crippen molar-refractivity contribution in [1.82, 2.24) is 29.4 Å². The van der Waals surface area contributed by atoms with E-state index >= 15 is 0 Å². The average Bonchev–Trinajstić information content (AvgIpc) is 3.28. The van der Waals surface area contributed by atoms with Crippen LogP contribution < -0.4 is 9.64 Å². The Morgan fingerprint density at radius 3 is 2.58 bits per heavy atom. The summed E-state index contributed by atoms with van der Waals surface area (Å²) in [6.45, 7) is 7.77. The van der Waals surface area contributed by atoms with E-state index in [2.05, 4.69) is 48.9 Å². The van der Waals surface area contributed by atoms with Crippen molar-refractivity contribution in [2.24, 2.45) is 5.92 Å². The van der Waals surface area contributed by atoms with Gasteiger partial charge in [0.1, 0.15) is 17.9 Å². The molecule has 164 valence electrons. The number of hydrogen-bond acceptors (Lipinski definition) is 7. The smallest absolute Gasteiger partial charge is 0.254 e. The Hall–Kier alpha value is -2.71. The highest BCUT2D eigenvalue weighted by molar-refractivity contribution is 5.77. The van der Waals surface area contributed by atoms with Crippen molar-refractivity contribution in [3.8, 4) is 16.9 Å². The molecule has 1 unspecified atom stereocenters. The van der Waals surface area contributed by atoms with Gasteiger partial charge in [0.05, 0.1) is 7.11 Å². The van der Waals surface area contributed by atoms with Gasteiger partial charge in [0.15, 0.2) is 0 Å². The lowest BCUT2D eigenvalue weighted by Gasteiger charge is -2.39. The fraction of sp³-hybridized carbons (Fsp3) is 0.522. The number of likely N-dealkylation sites (tertiary alicyclic amines) is 1. The van der Waals surface area contributed by atoms with Gasteiger partial charge in [-0.25, -0.2) is 4.98 Å². The largest absolute Gasteiger partial charge is 0.497 e. The van der Waals surface area contributed by atoms with E-state index < -0.39 is 0 Å². The van der Waals surface area contributed by atoms with E-state index in [9.17, 15) is 0 Å². The standard InChI is InChI=1S/C23H31N7O/c1-27-9-3-4-18(15-27)16-28-10-12-29(13-11-28)22-21(14-24-23-25-17-26-30(22)23)19-5-7-20(31-2)8-6-19/h5-8,14,17-18H,3-4,9-13,15-16H2,1-2H3. The minimum atomic E-state index is 0.639. The summed E-state index contributed by atoms with van der Waals surface area (Å²) in [6.07, 6.45) is 6.19. The number of rotatable bonds is 5. The molecule has 8 heteroatoms. The first-order valence-corrected chi connectivity index (χ1v) is 11.2. The summed E-state index contributed by atoms with van der Waals surface area (Å²) in [5, 5.41) is 4.49. The van der Waals surface area contributed by atoms with Crippen LogP contribution in [0.2, 0.25) is 0 Å². The molecule has 1 atom stereocenters. The molecule has 2 aliphatic heterocycles. The lowest BCUT2D eigenvalue weighted by atomic mass is 9.97. The molecule has 0 spiro atoms. The van der Waals surface area contributed by atoms with Crippen LogP contribution in [0, 0.1) is 5.92 Å². The van der Waals surface area contributed by atoms with Crippen LogP contribution >= 0.6 is 0 Å². The predicted octanol–water partition coefficient (Wildman–Crippen LogP) is 2.26. The summed E-state index contributed by atoms with van der Waals surface area (Å²) in [6, 6.07) is 8.14. The molecule has 0 aliphatic carbocycles. The molecule has 0 saturated carbocycles. The Morgan fingerprint density at radius 1 is 1.03 bits per heavy atom. The molecule has 0 N–H and O–H groups in total. The van der Waals surface area contributed by atoms with Crippen LogP contribution in [0.5, 0.6) is 5.75 Å². The van der Waals surface area contributed by atoms with Gasteiger partial charge >= 0.3 is 0 Å². The van der Waals surface area contributed by atoms with E-state index in [-0.39, 0.29) is 0 Å². The molecule has 31 heavy (non-hydrogen) atoms. The van der Waals surface area contributed by atoms with E-state index in [1.165, 1.54) is 32.5 Å². The van der Waals surface area contributed by atoms with Gasteiger partial charge < -0.3 is 14.5 Å². The lowest BCUT2D eigenvalue weighted by molar-refractivity contribution is 0.147. The Morgan fingerprint density at radius 2 is 1.84 bits per heavy atom. The molecule has 1 aromatic carbocycles. The zero-order valence-electron chi connectivity index (χ0n) is 18.4. The maximum absolute atomic E-state index is 5.33. The zero-order valence-corrected chi connectivity index (χ0v) is 18.4. The second-order valence-electron chi connectivity index (χ2n) is 8.75. The summed E-state index contributed by atoms with van der Waals surface area (Å²) in [4.78, 5) is 16.4. The van der Waals surface area contributed by atoms with Crippen LogP contribution in [0.4, 0.5) is 5.82 Å². The number of piperidine rings is 1. The Labute approximate surface area is 183 Å². The predicted molar refractivity (Wildman–Crippen MR) is 122 cm³/mol. The molecule has 2 aliphatic rings. The molecule has 2 saturated heterocycles. The van der Waals surface area contributed by atoms with Gasteiger partial charge in [-0.15, -0.1) is 0 Å². The quantitative estimate of drug-likeness (QED) is 0.626. The van der Waals surface area contributed by atoms with Crippen LogP contribution in [-0.4, -0.2) is 89.4 Å². The number of aromatic nitrogens is 4. The van der Waals surface area contributed by atoms with E-state index in [4.69, 9.17) is 4.74 Å². The Bertz CT molecular complexity index is 1010. The van der Waals surface area contributed by atoms with Crippen LogP contribution in [0.1, 0.15) is 12.8 Å². The maximum atomic E-state index is 5.33. The van der Waals surface area contributed by atoms with Crippen molar-refractivity contribution < 1.29 is 4.74 Å². The number of nitrogens with zero attached hydrogens (tertiary/aromatic N) is 7. The van der Waals surface area contributed by atoms with Crippen molar-refractivity contribution in [3.63, 3.8) is 0 Å². The summed E-state index contributed by atoms with van der Waals surface area (Å²) >= 11 is 0. The van der Waals surface area contributed by atoms with Gasteiger partial charge in [-0.1, -0.05) is 12.1 Å². The molecule has 2 aromatic heterocycles. The van der Waals surface area contributed by atoms with E-state index in [0.29, 0.717) is 5.78 Å². The molecular weight excluding hydrogens is 390 g/mol. The molecule has 0 radical (unpaired) electrons. The third-order valence-corrected chi connectivity index (χ3v) is 6.59. The first-order chi connectivity index (χ1) is 15.2. The molecular formula is C23H31N7O. The first kappa shape index (κ1) is 20.2. The molecule has 8 nitrogen and oxygen atoms in total. The second-order valence-corrected chi connectivity index (χ2v) is 8.75. The number of hydrogen-bond donors (Lipinski definition) is 0. The highest BCUT2D eigenvalue weighted by Crippen LogP contribution is 2.32. The molecule has 3 aromatic rings. The summed E-state index contributed by atoms with van der Waals surface area (Å²) < 4.78 is 7.21.